The lowest BCUT2D eigenvalue weighted by atomic mass is 10.1. The Bertz CT molecular complexity index is 1580. The third-order valence-electron chi connectivity index (χ3n) is 5.43. The molecule has 1 aromatic heterocycles. The number of hydrogen-bond donors (Lipinski definition) is 3. The van der Waals surface area contributed by atoms with Crippen molar-refractivity contribution in [3.05, 3.63) is 104 Å². The average molecular weight is 587 g/mol. The number of aromatic nitrogens is 2. The van der Waals surface area contributed by atoms with Gasteiger partial charge in [-0.25, -0.2) is 10.4 Å². The number of methoxy groups -OCH3 is 1. The van der Waals surface area contributed by atoms with E-state index in [2.05, 4.69) is 41.7 Å². The maximum atomic E-state index is 12.4. The standard InChI is InChI=1S/C28H23BrN6O4/c1-38-23-12-20(22(29)13-24(23)39-17-25(36)31-15-18-8-4-2-5-9-18)16-32-35-28-33-26(19-10-6-3-7-11-19)21(14-30)27(37)34-28/h2-13,16H,15,17H2,1H3,(H,31,36)(H2,33,34,35,37). The number of H-pyrrole nitrogens is 1. The van der Waals surface area contributed by atoms with Crippen LogP contribution in [0.5, 0.6) is 11.5 Å². The zero-order valence-corrected chi connectivity index (χ0v) is 22.4. The Morgan fingerprint density at radius 2 is 1.85 bits per heavy atom. The van der Waals surface area contributed by atoms with Crippen molar-refractivity contribution < 1.29 is 14.3 Å². The summed E-state index contributed by atoms with van der Waals surface area (Å²) in [7, 11) is 1.49. The van der Waals surface area contributed by atoms with E-state index in [-0.39, 0.29) is 29.7 Å². The van der Waals surface area contributed by atoms with Gasteiger partial charge in [-0.05, 0) is 33.6 Å². The number of nitriles is 1. The Morgan fingerprint density at radius 1 is 1.13 bits per heavy atom. The zero-order valence-electron chi connectivity index (χ0n) is 20.8. The molecule has 0 bridgehead atoms. The minimum absolute atomic E-state index is 0.0682. The van der Waals surface area contributed by atoms with Gasteiger partial charge in [-0.15, -0.1) is 0 Å². The fraction of sp³-hybridized carbons (Fsp3) is 0.107. The lowest BCUT2D eigenvalue weighted by molar-refractivity contribution is -0.123. The molecule has 39 heavy (non-hydrogen) atoms. The molecular formula is C28H23BrN6O4. The minimum atomic E-state index is -0.582. The van der Waals surface area contributed by atoms with Crippen LogP contribution in [0.25, 0.3) is 11.3 Å². The number of amides is 1. The van der Waals surface area contributed by atoms with Gasteiger partial charge in [0.15, 0.2) is 18.1 Å². The van der Waals surface area contributed by atoms with Crippen LogP contribution in [0.15, 0.2) is 87.2 Å². The van der Waals surface area contributed by atoms with Crippen LogP contribution in [0, 0.1) is 11.3 Å². The van der Waals surface area contributed by atoms with Crippen molar-refractivity contribution in [2.75, 3.05) is 19.1 Å². The molecule has 0 aliphatic rings. The Kier molecular flexibility index (Phi) is 9.05. The molecule has 0 aliphatic heterocycles. The van der Waals surface area contributed by atoms with Gasteiger partial charge in [-0.2, -0.15) is 10.4 Å². The van der Waals surface area contributed by atoms with E-state index < -0.39 is 5.56 Å². The van der Waals surface area contributed by atoms with Crippen molar-refractivity contribution in [1.29, 1.82) is 5.26 Å². The molecular weight excluding hydrogens is 564 g/mol. The number of ether oxygens (including phenoxy) is 2. The number of carbonyl (C=O) groups excluding carboxylic acids is 1. The summed E-state index contributed by atoms with van der Waals surface area (Å²) in [6.07, 6.45) is 1.49. The molecule has 0 aliphatic carbocycles. The number of anilines is 1. The number of benzene rings is 3. The van der Waals surface area contributed by atoms with Crippen LogP contribution in [0.4, 0.5) is 5.95 Å². The van der Waals surface area contributed by atoms with Gasteiger partial charge in [-0.1, -0.05) is 60.7 Å². The fourth-order valence-electron chi connectivity index (χ4n) is 3.51. The Balaban J connectivity index is 1.44. The van der Waals surface area contributed by atoms with Crippen LogP contribution >= 0.6 is 15.9 Å². The number of hydrazone groups is 1. The van der Waals surface area contributed by atoms with E-state index in [0.717, 1.165) is 5.56 Å². The van der Waals surface area contributed by atoms with Gasteiger partial charge in [0.2, 0.25) is 5.95 Å². The minimum Gasteiger partial charge on any atom is -0.493 e. The van der Waals surface area contributed by atoms with Crippen LogP contribution < -0.4 is 25.8 Å². The second-order valence-electron chi connectivity index (χ2n) is 8.06. The van der Waals surface area contributed by atoms with E-state index in [1.165, 1.54) is 13.3 Å². The first kappa shape index (κ1) is 27.1. The van der Waals surface area contributed by atoms with Gasteiger partial charge in [-0.3, -0.25) is 14.6 Å². The van der Waals surface area contributed by atoms with E-state index in [1.54, 1.807) is 36.4 Å². The molecule has 3 aromatic carbocycles. The van der Waals surface area contributed by atoms with Crippen molar-refractivity contribution in [2.45, 2.75) is 6.54 Å². The Morgan fingerprint density at radius 3 is 2.54 bits per heavy atom. The van der Waals surface area contributed by atoms with Crippen LogP contribution in [0.3, 0.4) is 0 Å². The molecule has 10 nitrogen and oxygen atoms in total. The highest BCUT2D eigenvalue weighted by Crippen LogP contribution is 2.33. The Hall–Kier alpha value is -4.95. The highest BCUT2D eigenvalue weighted by Gasteiger charge is 2.14. The summed E-state index contributed by atoms with van der Waals surface area (Å²) in [4.78, 5) is 31.5. The summed E-state index contributed by atoms with van der Waals surface area (Å²) in [6.45, 7) is 0.213. The predicted molar refractivity (Wildman–Crippen MR) is 151 cm³/mol. The van der Waals surface area contributed by atoms with Gasteiger partial charge in [0.05, 0.1) is 19.0 Å². The summed E-state index contributed by atoms with van der Waals surface area (Å²) in [5.74, 6) is 0.561. The van der Waals surface area contributed by atoms with Gasteiger partial charge in [0, 0.05) is 22.1 Å². The molecule has 11 heteroatoms. The van der Waals surface area contributed by atoms with Gasteiger partial charge >= 0.3 is 0 Å². The smallest absolute Gasteiger partial charge is 0.270 e. The third-order valence-corrected chi connectivity index (χ3v) is 6.11. The van der Waals surface area contributed by atoms with Crippen molar-refractivity contribution in [1.82, 2.24) is 15.3 Å². The first-order valence-electron chi connectivity index (χ1n) is 11.7. The largest absolute Gasteiger partial charge is 0.493 e. The van der Waals surface area contributed by atoms with Crippen molar-refractivity contribution in [3.63, 3.8) is 0 Å². The number of hydrogen-bond acceptors (Lipinski definition) is 8. The van der Waals surface area contributed by atoms with Crippen LogP contribution in [-0.4, -0.2) is 35.8 Å². The molecule has 0 unspecified atom stereocenters. The van der Waals surface area contributed by atoms with E-state index in [1.807, 2.05) is 42.5 Å². The van der Waals surface area contributed by atoms with Crippen molar-refractivity contribution in [2.24, 2.45) is 5.10 Å². The number of aromatic amines is 1. The number of halogens is 1. The summed E-state index contributed by atoms with van der Waals surface area (Å²) >= 11 is 3.47. The lowest BCUT2D eigenvalue weighted by Crippen LogP contribution is -2.28. The zero-order chi connectivity index (χ0) is 27.6. The van der Waals surface area contributed by atoms with Crippen molar-refractivity contribution in [3.8, 4) is 28.8 Å². The molecule has 0 saturated heterocycles. The van der Waals surface area contributed by atoms with Crippen molar-refractivity contribution >= 4 is 34.0 Å². The first-order valence-corrected chi connectivity index (χ1v) is 12.5. The maximum absolute atomic E-state index is 12.4. The van der Waals surface area contributed by atoms with Crippen LogP contribution in [-0.2, 0) is 11.3 Å². The molecule has 0 atom stereocenters. The normalized spacial score (nSPS) is 10.6. The number of nitrogens with one attached hydrogen (secondary N) is 3. The van der Waals surface area contributed by atoms with E-state index in [4.69, 9.17) is 9.47 Å². The Labute approximate surface area is 232 Å². The second kappa shape index (κ2) is 13.0. The summed E-state index contributed by atoms with van der Waals surface area (Å²) in [5.41, 5.74) is 4.50. The molecule has 4 rings (SSSR count). The fourth-order valence-corrected chi connectivity index (χ4v) is 3.94. The predicted octanol–water partition coefficient (Wildman–Crippen LogP) is 4.22. The topological polar surface area (TPSA) is 141 Å². The molecule has 4 aromatic rings. The quantitative estimate of drug-likeness (QED) is 0.186. The highest BCUT2D eigenvalue weighted by atomic mass is 79.9. The molecule has 3 N–H and O–H groups in total. The number of rotatable bonds is 10. The summed E-state index contributed by atoms with van der Waals surface area (Å²) in [6, 6.07) is 23.7. The van der Waals surface area contributed by atoms with E-state index >= 15 is 0 Å². The summed E-state index contributed by atoms with van der Waals surface area (Å²) in [5, 5.41) is 16.4. The maximum Gasteiger partial charge on any atom is 0.270 e. The first-order chi connectivity index (χ1) is 19.0. The SMILES string of the molecule is COc1cc(C=NNc2nc(-c3ccccc3)c(C#N)c(=O)[nH]2)c(Br)cc1OCC(=O)NCc1ccccc1. The highest BCUT2D eigenvalue weighted by molar-refractivity contribution is 9.10. The molecule has 0 spiro atoms. The third kappa shape index (κ3) is 7.09. The number of carbonyl (C=O) groups is 1. The second-order valence-corrected chi connectivity index (χ2v) is 8.92. The van der Waals surface area contributed by atoms with Crippen LogP contribution in [0.2, 0.25) is 0 Å². The molecule has 1 amide bonds. The van der Waals surface area contributed by atoms with Gasteiger partial charge in [0.25, 0.3) is 11.5 Å². The van der Waals surface area contributed by atoms with Crippen LogP contribution in [0.1, 0.15) is 16.7 Å². The van der Waals surface area contributed by atoms with Gasteiger partial charge in [0.1, 0.15) is 11.6 Å². The molecule has 0 fully saturated rings. The molecule has 0 saturated carbocycles. The molecule has 0 radical (unpaired) electrons. The van der Waals surface area contributed by atoms with E-state index in [9.17, 15) is 14.9 Å². The number of nitrogens with zero attached hydrogens (tertiary/aromatic N) is 3. The average Bonchev–Trinajstić information content (AvgIpc) is 2.96. The van der Waals surface area contributed by atoms with Gasteiger partial charge < -0.3 is 14.8 Å². The van der Waals surface area contributed by atoms with E-state index in [0.29, 0.717) is 33.6 Å². The molecule has 196 valence electrons. The lowest BCUT2D eigenvalue weighted by Gasteiger charge is -2.13. The monoisotopic (exact) mass is 586 g/mol. The molecule has 1 heterocycles. The summed E-state index contributed by atoms with van der Waals surface area (Å²) < 4.78 is 11.7.